The van der Waals surface area contributed by atoms with Gasteiger partial charge in [0, 0.05) is 6.07 Å². The highest BCUT2D eigenvalue weighted by Gasteiger charge is 2.46. The number of epoxide rings is 1. The second-order valence-corrected chi connectivity index (χ2v) is 5.87. The van der Waals surface area contributed by atoms with E-state index < -0.39 is 12.1 Å². The normalized spacial score (nSPS) is 28.7. The average Bonchev–Trinajstić information content (AvgIpc) is 3.15. The lowest BCUT2D eigenvalue weighted by Gasteiger charge is -2.15. The second-order valence-electron chi connectivity index (χ2n) is 5.87. The third-order valence-electron chi connectivity index (χ3n) is 4.04. The molecule has 6 heteroatoms. The summed E-state index contributed by atoms with van der Waals surface area (Å²) in [6.07, 6.45) is 1.13. The first-order valence-electron chi connectivity index (χ1n) is 7.39. The highest BCUT2D eigenvalue weighted by atomic mass is 16.6. The van der Waals surface area contributed by atoms with Crippen molar-refractivity contribution in [3.8, 4) is 11.5 Å². The fourth-order valence-electron chi connectivity index (χ4n) is 2.92. The first kappa shape index (κ1) is 14.8. The molecule has 1 saturated heterocycles. The maximum Gasteiger partial charge on any atom is 0.310 e. The Bertz CT molecular complexity index is 623. The molecule has 3 unspecified atom stereocenters. The number of fused-ring (bicyclic) bond motifs is 2. The number of hydrogen-bond acceptors (Lipinski definition) is 6. The number of phenolic OH excluding ortho intramolecular Hbond substituents is 2. The van der Waals surface area contributed by atoms with Gasteiger partial charge in [-0.05, 0) is 37.8 Å². The van der Waals surface area contributed by atoms with Crippen LogP contribution in [-0.4, -0.2) is 40.3 Å². The molecule has 3 atom stereocenters. The molecule has 2 N–H and O–H groups in total. The van der Waals surface area contributed by atoms with E-state index in [-0.39, 0.29) is 47.0 Å². The van der Waals surface area contributed by atoms with E-state index in [1.54, 1.807) is 0 Å². The van der Waals surface area contributed by atoms with Crippen molar-refractivity contribution in [1.29, 1.82) is 0 Å². The van der Waals surface area contributed by atoms with Crippen molar-refractivity contribution < 1.29 is 29.3 Å². The van der Waals surface area contributed by atoms with Crippen molar-refractivity contribution in [3.63, 3.8) is 0 Å². The SMILES string of the molecule is CC1CCCC2OC2C(=O)c2c(O)cc(O)cc2CC(=O)O1. The van der Waals surface area contributed by atoms with Crippen molar-refractivity contribution >= 4 is 11.8 Å². The highest BCUT2D eigenvalue weighted by molar-refractivity contribution is 6.05. The summed E-state index contributed by atoms with van der Waals surface area (Å²) in [7, 11) is 0. The summed E-state index contributed by atoms with van der Waals surface area (Å²) in [6.45, 7) is 1.82. The molecule has 2 aliphatic rings. The maximum absolute atomic E-state index is 12.5. The van der Waals surface area contributed by atoms with Crippen molar-refractivity contribution in [1.82, 2.24) is 0 Å². The van der Waals surface area contributed by atoms with Gasteiger partial charge in [-0.1, -0.05) is 0 Å². The van der Waals surface area contributed by atoms with Gasteiger partial charge < -0.3 is 19.7 Å². The van der Waals surface area contributed by atoms with Crippen LogP contribution in [0.2, 0.25) is 0 Å². The highest BCUT2D eigenvalue weighted by Crippen LogP contribution is 2.36. The van der Waals surface area contributed by atoms with Crippen LogP contribution in [0, 0.1) is 0 Å². The minimum absolute atomic E-state index is 0.0375. The van der Waals surface area contributed by atoms with E-state index in [4.69, 9.17) is 9.47 Å². The Morgan fingerprint density at radius 3 is 2.73 bits per heavy atom. The quantitative estimate of drug-likeness (QED) is 0.559. The first-order chi connectivity index (χ1) is 10.5. The summed E-state index contributed by atoms with van der Waals surface area (Å²) in [5.74, 6) is -1.38. The molecule has 2 aliphatic heterocycles. The maximum atomic E-state index is 12.5. The van der Waals surface area contributed by atoms with Gasteiger partial charge in [0.2, 0.25) is 0 Å². The van der Waals surface area contributed by atoms with E-state index in [9.17, 15) is 19.8 Å². The van der Waals surface area contributed by atoms with Gasteiger partial charge in [0.15, 0.2) is 5.78 Å². The van der Waals surface area contributed by atoms with Crippen LogP contribution in [0.5, 0.6) is 11.5 Å². The van der Waals surface area contributed by atoms with Crippen LogP contribution in [0.15, 0.2) is 12.1 Å². The fourth-order valence-corrected chi connectivity index (χ4v) is 2.92. The van der Waals surface area contributed by atoms with E-state index in [0.717, 1.165) is 12.5 Å². The van der Waals surface area contributed by atoms with E-state index >= 15 is 0 Å². The van der Waals surface area contributed by atoms with Crippen LogP contribution in [0.3, 0.4) is 0 Å². The number of phenols is 2. The molecular formula is C16H18O6. The molecule has 0 aliphatic carbocycles. The van der Waals surface area contributed by atoms with Gasteiger partial charge in [0.1, 0.15) is 17.6 Å². The van der Waals surface area contributed by atoms with Crippen molar-refractivity contribution in [2.75, 3.05) is 0 Å². The van der Waals surface area contributed by atoms with Gasteiger partial charge in [-0.15, -0.1) is 0 Å². The number of Topliss-reactive ketones (excluding diaryl/α,β-unsaturated/α-hetero) is 1. The molecule has 1 aromatic carbocycles. The lowest BCUT2D eigenvalue weighted by atomic mass is 9.95. The molecule has 118 valence electrons. The lowest BCUT2D eigenvalue weighted by molar-refractivity contribution is -0.147. The standard InChI is InChI=1S/C16H18O6/c1-8-3-2-4-12-16(22-12)15(20)14-9(6-13(19)21-8)5-10(17)7-11(14)18/h5,7-8,12,16-18H,2-4,6H2,1H3. The fraction of sp³-hybridized carbons (Fsp3) is 0.500. The molecular weight excluding hydrogens is 288 g/mol. The van der Waals surface area contributed by atoms with Gasteiger partial charge >= 0.3 is 5.97 Å². The monoisotopic (exact) mass is 306 g/mol. The topological polar surface area (TPSA) is 96.4 Å². The van der Waals surface area contributed by atoms with E-state index in [2.05, 4.69) is 0 Å². The van der Waals surface area contributed by atoms with E-state index in [0.29, 0.717) is 12.8 Å². The number of rotatable bonds is 0. The van der Waals surface area contributed by atoms with Gasteiger partial charge in [-0.3, -0.25) is 9.59 Å². The Morgan fingerprint density at radius 2 is 1.95 bits per heavy atom. The molecule has 0 radical (unpaired) electrons. The molecule has 0 aromatic heterocycles. The molecule has 22 heavy (non-hydrogen) atoms. The molecule has 1 fully saturated rings. The van der Waals surface area contributed by atoms with Gasteiger partial charge in [0.05, 0.1) is 24.2 Å². The van der Waals surface area contributed by atoms with Crippen molar-refractivity contribution in [2.45, 2.75) is 50.9 Å². The van der Waals surface area contributed by atoms with Crippen molar-refractivity contribution in [3.05, 3.63) is 23.3 Å². The summed E-state index contributed by atoms with van der Waals surface area (Å²) in [6, 6.07) is 2.40. The van der Waals surface area contributed by atoms with Gasteiger partial charge in [-0.25, -0.2) is 0 Å². The van der Waals surface area contributed by atoms with Crippen molar-refractivity contribution in [2.24, 2.45) is 0 Å². The van der Waals surface area contributed by atoms with Crippen LogP contribution in [0.1, 0.15) is 42.1 Å². The molecule has 2 heterocycles. The van der Waals surface area contributed by atoms with Crippen LogP contribution in [0.4, 0.5) is 0 Å². The number of esters is 1. The molecule has 0 saturated carbocycles. The first-order valence-corrected chi connectivity index (χ1v) is 7.39. The van der Waals surface area contributed by atoms with Crippen LogP contribution in [0.25, 0.3) is 0 Å². The predicted octanol–water partition coefficient (Wildman–Crippen LogP) is 1.71. The number of ether oxygens (including phenoxy) is 2. The summed E-state index contributed by atoms with van der Waals surface area (Å²) in [4.78, 5) is 24.4. The Balaban J connectivity index is 1.98. The largest absolute Gasteiger partial charge is 0.508 e. The number of carbonyl (C=O) groups is 2. The molecule has 1 aromatic rings. The van der Waals surface area contributed by atoms with Crippen LogP contribution in [-0.2, 0) is 20.7 Å². The summed E-state index contributed by atoms with van der Waals surface area (Å²) in [5.41, 5.74) is 0.296. The Labute approximate surface area is 127 Å². The zero-order valence-electron chi connectivity index (χ0n) is 12.2. The number of hydrogen-bond donors (Lipinski definition) is 2. The molecule has 6 nitrogen and oxygen atoms in total. The zero-order valence-corrected chi connectivity index (χ0v) is 12.2. The minimum atomic E-state index is -0.569. The third kappa shape index (κ3) is 2.92. The van der Waals surface area contributed by atoms with Gasteiger partial charge in [-0.2, -0.15) is 0 Å². The smallest absolute Gasteiger partial charge is 0.310 e. The summed E-state index contributed by atoms with van der Waals surface area (Å²) < 4.78 is 10.7. The summed E-state index contributed by atoms with van der Waals surface area (Å²) >= 11 is 0. The van der Waals surface area contributed by atoms with Gasteiger partial charge in [0.25, 0.3) is 0 Å². The van der Waals surface area contributed by atoms with E-state index in [1.807, 2.05) is 6.92 Å². The Kier molecular flexibility index (Phi) is 3.78. The number of cyclic esters (lactones) is 1. The van der Waals surface area contributed by atoms with Crippen LogP contribution < -0.4 is 0 Å². The Morgan fingerprint density at radius 1 is 1.18 bits per heavy atom. The minimum Gasteiger partial charge on any atom is -0.508 e. The zero-order chi connectivity index (χ0) is 15.9. The number of benzene rings is 1. The molecule has 0 amide bonds. The average molecular weight is 306 g/mol. The molecule has 3 rings (SSSR count). The summed E-state index contributed by atoms with van der Waals surface area (Å²) in [5, 5.41) is 19.6. The van der Waals surface area contributed by atoms with E-state index in [1.165, 1.54) is 6.07 Å². The third-order valence-corrected chi connectivity index (χ3v) is 4.04. The lowest BCUT2D eigenvalue weighted by Crippen LogP contribution is -2.20. The molecule has 0 bridgehead atoms. The van der Waals surface area contributed by atoms with Crippen LogP contribution >= 0.6 is 0 Å². The Hall–Kier alpha value is -2.08. The number of ketones is 1. The second kappa shape index (κ2) is 5.61. The number of carbonyl (C=O) groups excluding carboxylic acids is 2. The predicted molar refractivity (Wildman–Crippen MR) is 75.9 cm³/mol. The molecule has 0 spiro atoms. The number of aromatic hydroxyl groups is 2.